The second kappa shape index (κ2) is 9.51. The van der Waals surface area contributed by atoms with E-state index >= 15 is 0 Å². The summed E-state index contributed by atoms with van der Waals surface area (Å²) < 4.78 is 0. The summed E-state index contributed by atoms with van der Waals surface area (Å²) in [7, 11) is 0. The first-order valence-electron chi connectivity index (χ1n) is 9.44. The lowest BCUT2D eigenvalue weighted by molar-refractivity contribution is -0.138. The van der Waals surface area contributed by atoms with Gasteiger partial charge in [0.05, 0.1) is 0 Å². The van der Waals surface area contributed by atoms with E-state index < -0.39 is 6.04 Å². The average Bonchev–Trinajstić information content (AvgIpc) is 3.21. The van der Waals surface area contributed by atoms with Gasteiger partial charge in [-0.15, -0.1) is 0 Å². The fourth-order valence-corrected chi connectivity index (χ4v) is 3.51. The van der Waals surface area contributed by atoms with E-state index in [4.69, 9.17) is 11.6 Å². The first-order valence-corrected chi connectivity index (χ1v) is 9.82. The molecule has 0 aliphatic carbocycles. The first kappa shape index (κ1) is 20.1. The van der Waals surface area contributed by atoms with Gasteiger partial charge in [0.15, 0.2) is 5.78 Å². The van der Waals surface area contributed by atoms with Crippen LogP contribution >= 0.6 is 11.6 Å². The summed E-state index contributed by atoms with van der Waals surface area (Å²) in [5.74, 6) is -0.396. The van der Waals surface area contributed by atoms with Crippen LogP contribution in [-0.2, 0) is 16.1 Å². The average molecular weight is 399 g/mol. The highest BCUT2D eigenvalue weighted by atomic mass is 35.5. The van der Waals surface area contributed by atoms with Crippen LogP contribution in [0.4, 0.5) is 0 Å². The highest BCUT2D eigenvalue weighted by molar-refractivity contribution is 6.30. The van der Waals surface area contributed by atoms with Gasteiger partial charge in [-0.3, -0.25) is 14.4 Å². The molecule has 1 aliphatic rings. The lowest BCUT2D eigenvalue weighted by Crippen LogP contribution is -2.45. The number of Topliss-reactive ketones (excluding diaryl/α,β-unsaturated/α-hetero) is 1. The monoisotopic (exact) mass is 398 g/mol. The molecular formula is C22H23ClN2O3. The molecular weight excluding hydrogens is 376 g/mol. The number of hydrogen-bond donors (Lipinski definition) is 1. The van der Waals surface area contributed by atoms with Crippen molar-refractivity contribution < 1.29 is 14.4 Å². The quantitative estimate of drug-likeness (QED) is 0.724. The minimum absolute atomic E-state index is 0.101. The molecule has 1 N–H and O–H groups in total. The highest BCUT2D eigenvalue weighted by Gasteiger charge is 2.33. The van der Waals surface area contributed by atoms with Crippen LogP contribution in [0.3, 0.4) is 0 Å². The van der Waals surface area contributed by atoms with Gasteiger partial charge < -0.3 is 10.2 Å². The summed E-state index contributed by atoms with van der Waals surface area (Å²) in [5, 5.41) is 3.47. The number of amides is 2. The lowest BCUT2D eigenvalue weighted by atomic mass is 10.1. The summed E-state index contributed by atoms with van der Waals surface area (Å²) in [6, 6.07) is 15.8. The van der Waals surface area contributed by atoms with Crippen LogP contribution in [0.25, 0.3) is 0 Å². The summed E-state index contributed by atoms with van der Waals surface area (Å²) in [6.07, 6.45) is 1.66. The maximum absolute atomic E-state index is 12.6. The van der Waals surface area contributed by atoms with Crippen LogP contribution in [0, 0.1) is 0 Å². The molecule has 5 nitrogen and oxygen atoms in total. The van der Waals surface area contributed by atoms with Crippen molar-refractivity contribution in [3.63, 3.8) is 0 Å². The Morgan fingerprint density at radius 2 is 1.71 bits per heavy atom. The first-order chi connectivity index (χ1) is 13.5. The Balaban J connectivity index is 1.51. The van der Waals surface area contributed by atoms with Gasteiger partial charge in [0, 0.05) is 36.5 Å². The van der Waals surface area contributed by atoms with E-state index in [1.54, 1.807) is 29.2 Å². The molecule has 1 fully saturated rings. The van der Waals surface area contributed by atoms with Crippen molar-refractivity contribution in [3.05, 3.63) is 70.7 Å². The van der Waals surface area contributed by atoms with Gasteiger partial charge in [-0.25, -0.2) is 0 Å². The summed E-state index contributed by atoms with van der Waals surface area (Å²) >= 11 is 5.83. The normalized spacial score (nSPS) is 16.0. The molecule has 0 spiro atoms. The molecule has 2 amide bonds. The zero-order valence-electron chi connectivity index (χ0n) is 15.6. The van der Waals surface area contributed by atoms with Crippen LogP contribution < -0.4 is 5.32 Å². The number of benzene rings is 2. The third-order valence-corrected chi connectivity index (χ3v) is 5.17. The molecule has 6 heteroatoms. The van der Waals surface area contributed by atoms with Crippen molar-refractivity contribution in [2.75, 3.05) is 6.54 Å². The number of halogens is 1. The Kier molecular flexibility index (Phi) is 6.82. The topological polar surface area (TPSA) is 66.5 Å². The predicted molar refractivity (Wildman–Crippen MR) is 108 cm³/mol. The van der Waals surface area contributed by atoms with Crippen LogP contribution in [0.5, 0.6) is 0 Å². The van der Waals surface area contributed by atoms with Gasteiger partial charge in [-0.2, -0.15) is 0 Å². The standard InChI is InChI=1S/C22H23ClN2O3/c23-18-10-8-17(9-11-18)20(26)12-13-21(27)25-14-4-7-19(25)22(28)24-15-16-5-2-1-3-6-16/h1-3,5-6,8-11,19H,4,7,12-15H2,(H,24,28)/t19-/m0/s1. The lowest BCUT2D eigenvalue weighted by Gasteiger charge is -2.24. The third kappa shape index (κ3) is 5.20. The second-order valence-corrected chi connectivity index (χ2v) is 7.32. The van der Waals surface area contributed by atoms with Crippen molar-refractivity contribution in [1.82, 2.24) is 10.2 Å². The Hall–Kier alpha value is -2.66. The van der Waals surface area contributed by atoms with E-state index in [1.165, 1.54) is 0 Å². The molecule has 0 unspecified atom stereocenters. The largest absolute Gasteiger partial charge is 0.350 e. The van der Waals surface area contributed by atoms with E-state index in [0.717, 1.165) is 12.0 Å². The third-order valence-electron chi connectivity index (χ3n) is 4.92. The Bertz CT molecular complexity index is 837. The van der Waals surface area contributed by atoms with Crippen molar-refractivity contribution in [2.45, 2.75) is 38.3 Å². The zero-order valence-corrected chi connectivity index (χ0v) is 16.3. The minimum Gasteiger partial charge on any atom is -0.350 e. The van der Waals surface area contributed by atoms with Crippen LogP contribution in [0.2, 0.25) is 5.02 Å². The Morgan fingerprint density at radius 3 is 2.43 bits per heavy atom. The molecule has 0 saturated carbocycles. The zero-order chi connectivity index (χ0) is 19.9. The molecule has 3 rings (SSSR count). The number of hydrogen-bond acceptors (Lipinski definition) is 3. The molecule has 1 atom stereocenters. The minimum atomic E-state index is -0.457. The van der Waals surface area contributed by atoms with E-state index in [0.29, 0.717) is 30.1 Å². The summed E-state index contributed by atoms with van der Waals surface area (Å²) in [4.78, 5) is 39.0. The van der Waals surface area contributed by atoms with Gasteiger partial charge in [0.2, 0.25) is 11.8 Å². The van der Waals surface area contributed by atoms with Crippen molar-refractivity contribution in [2.24, 2.45) is 0 Å². The molecule has 146 valence electrons. The molecule has 1 saturated heterocycles. The molecule has 2 aromatic rings. The number of nitrogens with zero attached hydrogens (tertiary/aromatic N) is 1. The van der Waals surface area contributed by atoms with Gasteiger partial charge in [-0.05, 0) is 42.7 Å². The maximum atomic E-state index is 12.6. The molecule has 1 aliphatic heterocycles. The molecule has 2 aromatic carbocycles. The fraction of sp³-hybridized carbons (Fsp3) is 0.318. The van der Waals surface area contributed by atoms with Crippen molar-refractivity contribution in [3.8, 4) is 0 Å². The second-order valence-electron chi connectivity index (χ2n) is 6.88. The van der Waals surface area contributed by atoms with Crippen molar-refractivity contribution in [1.29, 1.82) is 0 Å². The SMILES string of the molecule is O=C(CCC(=O)N1CCC[C@H]1C(=O)NCc1ccccc1)c1ccc(Cl)cc1. The summed E-state index contributed by atoms with van der Waals surface area (Å²) in [6.45, 7) is 0.991. The van der Waals surface area contributed by atoms with Gasteiger partial charge >= 0.3 is 0 Å². The molecule has 1 heterocycles. The number of ketones is 1. The highest BCUT2D eigenvalue weighted by Crippen LogP contribution is 2.20. The Labute approximate surface area is 169 Å². The van der Waals surface area contributed by atoms with Crippen LogP contribution in [0.1, 0.15) is 41.6 Å². The van der Waals surface area contributed by atoms with Crippen LogP contribution in [0.15, 0.2) is 54.6 Å². The molecule has 28 heavy (non-hydrogen) atoms. The Morgan fingerprint density at radius 1 is 1.00 bits per heavy atom. The summed E-state index contributed by atoms with van der Waals surface area (Å²) in [5.41, 5.74) is 1.55. The van der Waals surface area contributed by atoms with Crippen LogP contribution in [-0.4, -0.2) is 35.1 Å². The number of nitrogens with one attached hydrogen (secondary N) is 1. The number of carbonyl (C=O) groups is 3. The fourth-order valence-electron chi connectivity index (χ4n) is 3.38. The number of rotatable bonds is 7. The molecule has 0 bridgehead atoms. The van der Waals surface area contributed by atoms with Crippen molar-refractivity contribution >= 4 is 29.2 Å². The van der Waals surface area contributed by atoms with E-state index in [-0.39, 0.29) is 30.4 Å². The van der Waals surface area contributed by atoms with Gasteiger partial charge in [-0.1, -0.05) is 41.9 Å². The van der Waals surface area contributed by atoms with Gasteiger partial charge in [0.25, 0.3) is 0 Å². The number of carbonyl (C=O) groups excluding carboxylic acids is 3. The maximum Gasteiger partial charge on any atom is 0.243 e. The molecule has 0 aromatic heterocycles. The van der Waals surface area contributed by atoms with E-state index in [1.807, 2.05) is 30.3 Å². The predicted octanol–water partition coefficient (Wildman–Crippen LogP) is 3.61. The van der Waals surface area contributed by atoms with Gasteiger partial charge in [0.1, 0.15) is 6.04 Å². The van der Waals surface area contributed by atoms with E-state index in [2.05, 4.69) is 5.32 Å². The number of likely N-dealkylation sites (tertiary alicyclic amines) is 1. The van der Waals surface area contributed by atoms with E-state index in [9.17, 15) is 14.4 Å². The molecule has 0 radical (unpaired) electrons. The smallest absolute Gasteiger partial charge is 0.243 e.